The number of hydrogen-bond donors (Lipinski definition) is 1. The average Bonchev–Trinajstić information content (AvgIpc) is 2.74. The number of amides is 1. The maximum atomic E-state index is 12.1. The summed E-state index contributed by atoms with van der Waals surface area (Å²) in [6, 6.07) is 10.8. The van der Waals surface area contributed by atoms with Crippen LogP contribution in [0.5, 0.6) is 11.5 Å². The molecule has 0 bridgehead atoms. The summed E-state index contributed by atoms with van der Waals surface area (Å²) in [7, 11) is 1.61. The summed E-state index contributed by atoms with van der Waals surface area (Å²) in [5.41, 5.74) is 3.84. The van der Waals surface area contributed by atoms with Crippen molar-refractivity contribution >= 4 is 44.0 Å². The second kappa shape index (κ2) is 13.4. The largest absolute Gasteiger partial charge is 0.493 e. The van der Waals surface area contributed by atoms with Crippen LogP contribution in [0.15, 0.2) is 50.4 Å². The molecule has 0 spiro atoms. The first-order chi connectivity index (χ1) is 14.5. The monoisotopic (exact) mass is 538 g/mol. The van der Waals surface area contributed by atoms with Gasteiger partial charge in [0.05, 0.1) is 24.4 Å². The molecule has 0 radical (unpaired) electrons. The van der Waals surface area contributed by atoms with E-state index in [1.807, 2.05) is 24.3 Å². The van der Waals surface area contributed by atoms with Crippen molar-refractivity contribution < 1.29 is 14.3 Å². The minimum Gasteiger partial charge on any atom is -0.493 e. The van der Waals surface area contributed by atoms with Gasteiger partial charge in [0, 0.05) is 10.0 Å². The van der Waals surface area contributed by atoms with Crippen molar-refractivity contribution in [3.05, 3.63) is 56.5 Å². The van der Waals surface area contributed by atoms with Gasteiger partial charge in [0.1, 0.15) is 0 Å². The number of carbonyl (C=O) groups is 1. The van der Waals surface area contributed by atoms with Crippen molar-refractivity contribution in [2.75, 3.05) is 13.7 Å². The van der Waals surface area contributed by atoms with Crippen LogP contribution in [0, 0.1) is 0 Å². The number of benzene rings is 2. The van der Waals surface area contributed by atoms with Crippen LogP contribution in [0.25, 0.3) is 0 Å². The SMILES string of the molecule is CCCCCCCCOc1c(Br)cc(/C=N/NC(=O)c2ccc(Br)cc2)cc1OC. The van der Waals surface area contributed by atoms with E-state index in [0.29, 0.717) is 23.7 Å². The molecule has 2 aromatic carbocycles. The number of nitrogens with one attached hydrogen (secondary N) is 1. The standard InChI is InChI=1S/C23H28Br2N2O3/c1-3-4-5-6-7-8-13-30-22-20(25)14-17(15-21(22)29-2)16-26-27-23(28)18-9-11-19(24)12-10-18/h9-12,14-16H,3-8,13H2,1-2H3,(H,27,28)/b26-16+. The maximum absolute atomic E-state index is 12.1. The highest BCUT2D eigenvalue weighted by atomic mass is 79.9. The lowest BCUT2D eigenvalue weighted by Gasteiger charge is -2.13. The van der Waals surface area contributed by atoms with E-state index in [1.165, 1.54) is 32.1 Å². The Labute approximate surface area is 195 Å². The number of unbranched alkanes of at least 4 members (excludes halogenated alkanes) is 5. The van der Waals surface area contributed by atoms with Crippen molar-refractivity contribution in [3.8, 4) is 11.5 Å². The molecule has 30 heavy (non-hydrogen) atoms. The van der Waals surface area contributed by atoms with Gasteiger partial charge in [-0.05, 0) is 64.3 Å². The topological polar surface area (TPSA) is 59.9 Å². The molecule has 0 unspecified atom stereocenters. The van der Waals surface area contributed by atoms with Gasteiger partial charge in [0.2, 0.25) is 0 Å². The molecule has 0 fully saturated rings. The van der Waals surface area contributed by atoms with Crippen LogP contribution in [0.1, 0.15) is 61.4 Å². The molecule has 0 aliphatic rings. The average molecular weight is 540 g/mol. The zero-order chi connectivity index (χ0) is 21.8. The molecule has 7 heteroatoms. The van der Waals surface area contributed by atoms with E-state index in [0.717, 1.165) is 20.9 Å². The molecule has 2 aromatic rings. The first kappa shape index (κ1) is 24.4. The Morgan fingerprint density at radius 2 is 1.77 bits per heavy atom. The van der Waals surface area contributed by atoms with E-state index in [-0.39, 0.29) is 5.91 Å². The molecule has 0 aliphatic carbocycles. The third-order valence-electron chi connectivity index (χ3n) is 4.48. The van der Waals surface area contributed by atoms with Gasteiger partial charge in [-0.15, -0.1) is 0 Å². The van der Waals surface area contributed by atoms with Crippen LogP contribution in [-0.2, 0) is 0 Å². The Morgan fingerprint density at radius 1 is 1.07 bits per heavy atom. The van der Waals surface area contributed by atoms with Crippen LogP contribution < -0.4 is 14.9 Å². The zero-order valence-corrected chi connectivity index (χ0v) is 20.6. The van der Waals surface area contributed by atoms with Gasteiger partial charge >= 0.3 is 0 Å². The third kappa shape index (κ3) is 8.11. The Kier molecular flexibility index (Phi) is 10.9. The second-order valence-electron chi connectivity index (χ2n) is 6.86. The number of rotatable bonds is 12. The van der Waals surface area contributed by atoms with Crippen molar-refractivity contribution in [2.24, 2.45) is 5.10 Å². The van der Waals surface area contributed by atoms with Crippen molar-refractivity contribution in [2.45, 2.75) is 45.4 Å². The summed E-state index contributed by atoms with van der Waals surface area (Å²) in [6.07, 6.45) is 8.85. The minimum absolute atomic E-state index is 0.274. The van der Waals surface area contributed by atoms with Crippen LogP contribution >= 0.6 is 31.9 Å². The molecule has 162 valence electrons. The minimum atomic E-state index is -0.274. The van der Waals surface area contributed by atoms with E-state index in [1.54, 1.807) is 25.5 Å². The van der Waals surface area contributed by atoms with Gasteiger partial charge in [-0.3, -0.25) is 4.79 Å². The lowest BCUT2D eigenvalue weighted by atomic mass is 10.1. The Balaban J connectivity index is 1.91. The van der Waals surface area contributed by atoms with Crippen molar-refractivity contribution in [3.63, 3.8) is 0 Å². The smallest absolute Gasteiger partial charge is 0.271 e. The Bertz CT molecular complexity index is 839. The maximum Gasteiger partial charge on any atom is 0.271 e. The van der Waals surface area contributed by atoms with E-state index < -0.39 is 0 Å². The molecule has 0 aromatic heterocycles. The van der Waals surface area contributed by atoms with Gasteiger partial charge in [-0.25, -0.2) is 5.43 Å². The quantitative estimate of drug-likeness (QED) is 0.185. The molecule has 1 amide bonds. The Hall–Kier alpha value is -1.86. The van der Waals surface area contributed by atoms with E-state index in [4.69, 9.17) is 9.47 Å². The molecule has 0 heterocycles. The zero-order valence-electron chi connectivity index (χ0n) is 17.4. The molecular weight excluding hydrogens is 512 g/mol. The fourth-order valence-corrected chi connectivity index (χ4v) is 3.68. The summed E-state index contributed by atoms with van der Waals surface area (Å²) in [4.78, 5) is 12.1. The van der Waals surface area contributed by atoms with E-state index in [2.05, 4.69) is 49.3 Å². The highest BCUT2D eigenvalue weighted by molar-refractivity contribution is 9.10. The molecule has 0 saturated heterocycles. The highest BCUT2D eigenvalue weighted by Crippen LogP contribution is 2.36. The van der Waals surface area contributed by atoms with Gasteiger partial charge in [-0.1, -0.05) is 55.0 Å². The van der Waals surface area contributed by atoms with E-state index in [9.17, 15) is 4.79 Å². The summed E-state index contributed by atoms with van der Waals surface area (Å²) < 4.78 is 13.1. The van der Waals surface area contributed by atoms with Crippen LogP contribution in [-0.4, -0.2) is 25.8 Å². The lowest BCUT2D eigenvalue weighted by Crippen LogP contribution is -2.17. The predicted molar refractivity (Wildman–Crippen MR) is 129 cm³/mol. The second-order valence-corrected chi connectivity index (χ2v) is 8.63. The normalized spacial score (nSPS) is 10.9. The number of hydrogen-bond acceptors (Lipinski definition) is 4. The van der Waals surface area contributed by atoms with Gasteiger partial charge in [0.25, 0.3) is 5.91 Å². The van der Waals surface area contributed by atoms with Crippen molar-refractivity contribution in [1.29, 1.82) is 0 Å². The molecule has 0 saturated carbocycles. The Morgan fingerprint density at radius 3 is 2.47 bits per heavy atom. The molecule has 1 N–H and O–H groups in total. The predicted octanol–water partition coefficient (Wildman–Crippen LogP) is 6.72. The lowest BCUT2D eigenvalue weighted by molar-refractivity contribution is 0.0955. The fourth-order valence-electron chi connectivity index (χ4n) is 2.84. The number of ether oxygens (including phenoxy) is 2. The van der Waals surface area contributed by atoms with Gasteiger partial charge in [0.15, 0.2) is 11.5 Å². The molecule has 0 aliphatic heterocycles. The first-order valence-electron chi connectivity index (χ1n) is 10.1. The molecular formula is C23H28Br2N2O3. The number of methoxy groups -OCH3 is 1. The molecule has 0 atom stereocenters. The van der Waals surface area contributed by atoms with Gasteiger partial charge in [-0.2, -0.15) is 5.10 Å². The number of carbonyl (C=O) groups excluding carboxylic acids is 1. The number of nitrogens with zero attached hydrogens (tertiary/aromatic N) is 1. The molecule has 2 rings (SSSR count). The third-order valence-corrected chi connectivity index (χ3v) is 5.60. The van der Waals surface area contributed by atoms with Crippen LogP contribution in [0.4, 0.5) is 0 Å². The highest BCUT2D eigenvalue weighted by Gasteiger charge is 2.11. The van der Waals surface area contributed by atoms with Gasteiger partial charge < -0.3 is 9.47 Å². The van der Waals surface area contributed by atoms with Crippen LogP contribution in [0.3, 0.4) is 0 Å². The van der Waals surface area contributed by atoms with E-state index >= 15 is 0 Å². The summed E-state index contributed by atoms with van der Waals surface area (Å²) in [6.45, 7) is 2.87. The van der Waals surface area contributed by atoms with Crippen LogP contribution in [0.2, 0.25) is 0 Å². The summed E-state index contributed by atoms with van der Waals surface area (Å²) >= 11 is 6.90. The summed E-state index contributed by atoms with van der Waals surface area (Å²) in [5.74, 6) is 1.03. The summed E-state index contributed by atoms with van der Waals surface area (Å²) in [5, 5.41) is 4.04. The molecule has 5 nitrogen and oxygen atoms in total. The van der Waals surface area contributed by atoms with Crippen molar-refractivity contribution in [1.82, 2.24) is 5.43 Å². The fraction of sp³-hybridized carbons (Fsp3) is 0.391. The first-order valence-corrected chi connectivity index (χ1v) is 11.7. The number of hydrazone groups is 1. The number of halogens is 2.